The Kier molecular flexibility index (Phi) is 21.0. The van der Waals surface area contributed by atoms with Gasteiger partial charge in [-0.1, -0.05) is 0 Å². The topological polar surface area (TPSA) is 75.6 Å². The van der Waals surface area contributed by atoms with Crippen LogP contribution in [0.25, 0.3) is 0 Å². The molecule has 7 nitrogen and oxygen atoms in total. The molecule has 0 rings (SSSR count). The van der Waals surface area contributed by atoms with Crippen LogP contribution >= 0.6 is 11.6 Å². The van der Waals surface area contributed by atoms with Crippen molar-refractivity contribution in [1.29, 1.82) is 0 Å². The number of ether oxygens (including phenoxy) is 6. The second kappa shape index (κ2) is 21.0. The largest absolute Gasteiger partial charge is 0.394 e. The number of aliphatic hydroxyl groups is 1. The molecule has 0 saturated carbocycles. The van der Waals surface area contributed by atoms with Gasteiger partial charge in [0.2, 0.25) is 0 Å². The van der Waals surface area contributed by atoms with E-state index in [1.807, 2.05) is 0 Å². The normalized spacial score (nSPS) is 11.2. The summed E-state index contributed by atoms with van der Waals surface area (Å²) in [4.78, 5) is 0. The predicted octanol–water partition coefficient (Wildman–Crippen LogP) is 0.317. The van der Waals surface area contributed by atoms with Crippen LogP contribution in [0.4, 0.5) is 0 Å². The number of aliphatic hydroxyl groups excluding tert-OH is 1. The maximum atomic E-state index is 8.49. The first kappa shape index (κ1) is 22.0. The van der Waals surface area contributed by atoms with Crippen molar-refractivity contribution in [3.05, 3.63) is 0 Å². The summed E-state index contributed by atoms with van der Waals surface area (Å²) < 4.78 is 31.4. The van der Waals surface area contributed by atoms with Crippen molar-refractivity contribution >= 4 is 11.6 Å². The number of alkyl halides is 1. The summed E-state index contributed by atoms with van der Waals surface area (Å²) in [6, 6.07) is 0. The fraction of sp³-hybridized carbons (Fsp3) is 1.00. The van der Waals surface area contributed by atoms with E-state index < -0.39 is 0 Å². The summed E-state index contributed by atoms with van der Waals surface area (Å²) in [6.45, 7) is 6.23. The van der Waals surface area contributed by atoms with Gasteiger partial charge in [-0.15, -0.1) is 11.6 Å². The third kappa shape index (κ3) is 20.0. The highest BCUT2D eigenvalue weighted by molar-refractivity contribution is 6.17. The Bertz CT molecular complexity index is 178. The molecule has 1 N–H and O–H groups in total. The molecule has 0 aromatic carbocycles. The fourth-order valence-electron chi connectivity index (χ4n) is 1.32. The Labute approximate surface area is 137 Å². The van der Waals surface area contributed by atoms with Gasteiger partial charge < -0.3 is 33.5 Å². The molecular formula is C14H29ClO7. The van der Waals surface area contributed by atoms with Gasteiger partial charge in [0.05, 0.1) is 85.9 Å². The van der Waals surface area contributed by atoms with Crippen molar-refractivity contribution in [2.75, 3.05) is 91.8 Å². The summed E-state index contributed by atoms with van der Waals surface area (Å²) in [5.41, 5.74) is 0. The highest BCUT2D eigenvalue weighted by atomic mass is 35.5. The Balaban J connectivity index is 2.91. The lowest BCUT2D eigenvalue weighted by atomic mass is 10.7. The molecule has 0 aliphatic heterocycles. The molecule has 0 atom stereocenters. The lowest BCUT2D eigenvalue weighted by Crippen LogP contribution is -2.14. The van der Waals surface area contributed by atoms with Gasteiger partial charge in [-0.3, -0.25) is 0 Å². The number of halogens is 1. The maximum Gasteiger partial charge on any atom is 0.0701 e. The Morgan fingerprint density at radius 2 is 0.727 bits per heavy atom. The van der Waals surface area contributed by atoms with E-state index in [-0.39, 0.29) is 6.61 Å². The molecule has 8 heteroatoms. The molecule has 0 aromatic rings. The number of hydrogen-bond acceptors (Lipinski definition) is 7. The van der Waals surface area contributed by atoms with E-state index in [0.717, 1.165) is 0 Å². The summed E-state index contributed by atoms with van der Waals surface area (Å²) in [7, 11) is 0. The molecule has 134 valence electrons. The molecule has 0 aliphatic carbocycles. The van der Waals surface area contributed by atoms with Crippen LogP contribution in [0.15, 0.2) is 0 Å². The SMILES string of the molecule is OCCOCCOCCOCCOCCOCCOCCCl. The van der Waals surface area contributed by atoms with E-state index in [0.29, 0.717) is 85.2 Å². The first-order valence-corrected chi connectivity index (χ1v) is 8.08. The van der Waals surface area contributed by atoms with Crippen LogP contribution in [0.3, 0.4) is 0 Å². The number of rotatable bonds is 19. The minimum absolute atomic E-state index is 0.0377. The van der Waals surface area contributed by atoms with Gasteiger partial charge in [-0.05, 0) is 0 Å². The molecule has 0 heterocycles. The maximum absolute atomic E-state index is 8.49. The zero-order valence-electron chi connectivity index (χ0n) is 13.2. The van der Waals surface area contributed by atoms with Crippen LogP contribution in [0.1, 0.15) is 0 Å². The highest BCUT2D eigenvalue weighted by Crippen LogP contribution is 1.85. The standard InChI is InChI=1S/C14H29ClO7/c15-1-3-17-5-7-19-9-11-21-13-14-22-12-10-20-8-6-18-4-2-16/h16H,1-14H2. The monoisotopic (exact) mass is 344 g/mol. The molecule has 22 heavy (non-hydrogen) atoms. The minimum Gasteiger partial charge on any atom is -0.394 e. The van der Waals surface area contributed by atoms with Gasteiger partial charge >= 0.3 is 0 Å². The van der Waals surface area contributed by atoms with Crippen LogP contribution in [-0.4, -0.2) is 96.9 Å². The molecule has 0 amide bonds. The van der Waals surface area contributed by atoms with Crippen molar-refractivity contribution in [1.82, 2.24) is 0 Å². The third-order valence-corrected chi connectivity index (χ3v) is 2.47. The van der Waals surface area contributed by atoms with E-state index in [4.69, 9.17) is 45.1 Å². The molecule has 0 spiro atoms. The smallest absolute Gasteiger partial charge is 0.0701 e. The molecule has 0 radical (unpaired) electrons. The fourth-order valence-corrected chi connectivity index (χ4v) is 1.43. The van der Waals surface area contributed by atoms with E-state index in [9.17, 15) is 0 Å². The highest BCUT2D eigenvalue weighted by Gasteiger charge is 1.93. The lowest BCUT2D eigenvalue weighted by molar-refractivity contribution is -0.0176. The van der Waals surface area contributed by atoms with Crippen LogP contribution in [0.5, 0.6) is 0 Å². The van der Waals surface area contributed by atoms with Gasteiger partial charge in [0.1, 0.15) is 0 Å². The van der Waals surface area contributed by atoms with Gasteiger partial charge in [0.25, 0.3) is 0 Å². The van der Waals surface area contributed by atoms with Crippen LogP contribution < -0.4 is 0 Å². The Morgan fingerprint density at radius 1 is 0.455 bits per heavy atom. The third-order valence-electron chi connectivity index (χ3n) is 2.32. The lowest BCUT2D eigenvalue weighted by Gasteiger charge is -2.07. The summed E-state index contributed by atoms with van der Waals surface area (Å²) in [6.07, 6.45) is 0. The van der Waals surface area contributed by atoms with Crippen molar-refractivity contribution in [3.8, 4) is 0 Å². The average Bonchev–Trinajstić information content (AvgIpc) is 2.54. The first-order chi connectivity index (χ1) is 10.9. The van der Waals surface area contributed by atoms with Gasteiger partial charge in [-0.25, -0.2) is 0 Å². The zero-order valence-corrected chi connectivity index (χ0v) is 13.9. The summed E-state index contributed by atoms with van der Waals surface area (Å²) in [5.74, 6) is 0.506. The zero-order chi connectivity index (χ0) is 16.1. The van der Waals surface area contributed by atoms with Crippen molar-refractivity contribution in [3.63, 3.8) is 0 Å². The van der Waals surface area contributed by atoms with Crippen molar-refractivity contribution in [2.24, 2.45) is 0 Å². The molecule has 0 saturated heterocycles. The second-order valence-electron chi connectivity index (χ2n) is 4.09. The van der Waals surface area contributed by atoms with Crippen molar-refractivity contribution in [2.45, 2.75) is 0 Å². The van der Waals surface area contributed by atoms with Crippen LogP contribution in [0, 0.1) is 0 Å². The van der Waals surface area contributed by atoms with E-state index in [1.165, 1.54) is 0 Å². The van der Waals surface area contributed by atoms with Crippen LogP contribution in [0.2, 0.25) is 0 Å². The predicted molar refractivity (Wildman–Crippen MR) is 82.7 cm³/mol. The van der Waals surface area contributed by atoms with E-state index >= 15 is 0 Å². The minimum atomic E-state index is 0.0377. The van der Waals surface area contributed by atoms with Crippen molar-refractivity contribution < 1.29 is 33.5 Å². The first-order valence-electron chi connectivity index (χ1n) is 7.55. The second-order valence-corrected chi connectivity index (χ2v) is 4.46. The Morgan fingerprint density at radius 3 is 1.00 bits per heavy atom. The quantitative estimate of drug-likeness (QED) is 0.267. The summed E-state index contributed by atoms with van der Waals surface area (Å²) in [5, 5.41) is 8.49. The van der Waals surface area contributed by atoms with Gasteiger partial charge in [-0.2, -0.15) is 0 Å². The van der Waals surface area contributed by atoms with E-state index in [2.05, 4.69) is 0 Å². The molecule has 0 fully saturated rings. The number of hydrogen-bond donors (Lipinski definition) is 1. The molecule has 0 unspecified atom stereocenters. The van der Waals surface area contributed by atoms with E-state index in [1.54, 1.807) is 0 Å². The average molecular weight is 345 g/mol. The molecule has 0 aliphatic rings. The molecule has 0 bridgehead atoms. The Hall–Kier alpha value is 0.01000. The van der Waals surface area contributed by atoms with Crippen LogP contribution in [-0.2, 0) is 28.4 Å². The summed E-state index contributed by atoms with van der Waals surface area (Å²) >= 11 is 5.46. The van der Waals surface area contributed by atoms with Gasteiger partial charge in [0, 0.05) is 5.88 Å². The van der Waals surface area contributed by atoms with Gasteiger partial charge in [0.15, 0.2) is 0 Å². The molecule has 0 aromatic heterocycles. The molecular weight excluding hydrogens is 316 g/mol.